The molecule has 0 aromatic heterocycles. The topological polar surface area (TPSA) is 63.5 Å². The van der Waals surface area contributed by atoms with E-state index in [1.807, 2.05) is 0 Å². The molecule has 2 N–H and O–H groups in total. The molecule has 13 heavy (non-hydrogen) atoms. The first kappa shape index (κ1) is 10.2. The maximum Gasteiger partial charge on any atom is 0.135 e. The van der Waals surface area contributed by atoms with Crippen molar-refractivity contribution >= 4 is 11.8 Å². The Balaban J connectivity index is 3.28. The minimum absolute atomic E-state index is 0.0440. The van der Waals surface area contributed by atoms with Gasteiger partial charge in [-0.2, -0.15) is 0 Å². The van der Waals surface area contributed by atoms with Gasteiger partial charge in [-0.3, -0.25) is 0 Å². The summed E-state index contributed by atoms with van der Waals surface area (Å²) in [5.41, 5.74) is 0.0440. The van der Waals surface area contributed by atoms with Crippen molar-refractivity contribution in [2.24, 2.45) is 0 Å². The quantitative estimate of drug-likeness (QED) is 0.697. The Morgan fingerprint density at radius 1 is 1.46 bits per heavy atom. The van der Waals surface area contributed by atoms with Gasteiger partial charge in [0.25, 0.3) is 0 Å². The number of benzene rings is 1. The molecule has 0 aliphatic carbocycles. The summed E-state index contributed by atoms with van der Waals surface area (Å²) in [7, 11) is 0. The lowest BCUT2D eigenvalue weighted by Crippen LogP contribution is -2.18. The Bertz CT molecular complexity index is 289. The molecule has 0 saturated heterocycles. The highest BCUT2D eigenvalue weighted by Gasteiger charge is 2.25. The number of hydrogen-bond acceptors (Lipinski definition) is 4. The summed E-state index contributed by atoms with van der Waals surface area (Å²) in [4.78, 5) is -1.33. The summed E-state index contributed by atoms with van der Waals surface area (Å²) in [6.07, 6.45) is 1.67. The summed E-state index contributed by atoms with van der Waals surface area (Å²) in [6, 6.07) is 4.17. The van der Waals surface area contributed by atoms with E-state index in [4.69, 9.17) is 0 Å². The van der Waals surface area contributed by atoms with Crippen molar-refractivity contribution in [3.63, 3.8) is 0 Å². The first-order valence-corrected chi connectivity index (χ1v) is 4.98. The summed E-state index contributed by atoms with van der Waals surface area (Å²) >= 11 is 1.10. The molecule has 4 heteroatoms. The normalized spacial score (nSPS) is 15.3. The van der Waals surface area contributed by atoms with Gasteiger partial charge in [0.15, 0.2) is 0 Å². The van der Waals surface area contributed by atoms with Crippen LogP contribution in [-0.4, -0.2) is 16.5 Å². The highest BCUT2D eigenvalue weighted by Crippen LogP contribution is 2.40. The number of aromatic hydroxyl groups is 1. The second-order valence-corrected chi connectivity index (χ2v) is 4.04. The SMILES string of the molecule is CSC(C)(O)c1c([O-])cccc1O. The Morgan fingerprint density at radius 2 is 2.08 bits per heavy atom. The minimum atomic E-state index is -1.33. The molecule has 3 nitrogen and oxygen atoms in total. The van der Waals surface area contributed by atoms with Gasteiger partial charge in [-0.1, -0.05) is 17.9 Å². The molecular formula is C9H11O3S-. The summed E-state index contributed by atoms with van der Waals surface area (Å²) in [5.74, 6) is -0.508. The van der Waals surface area contributed by atoms with Crippen molar-refractivity contribution in [3.05, 3.63) is 23.8 Å². The van der Waals surface area contributed by atoms with Crippen molar-refractivity contribution in [1.29, 1.82) is 0 Å². The van der Waals surface area contributed by atoms with Gasteiger partial charge in [0, 0.05) is 5.56 Å². The third kappa shape index (κ3) is 1.89. The van der Waals surface area contributed by atoms with E-state index in [0.29, 0.717) is 0 Å². The van der Waals surface area contributed by atoms with E-state index in [1.165, 1.54) is 25.1 Å². The molecule has 1 atom stereocenters. The van der Waals surface area contributed by atoms with Crippen LogP contribution >= 0.6 is 11.8 Å². The van der Waals surface area contributed by atoms with E-state index in [0.717, 1.165) is 11.8 Å². The van der Waals surface area contributed by atoms with E-state index in [-0.39, 0.29) is 17.1 Å². The molecule has 0 radical (unpaired) electrons. The minimum Gasteiger partial charge on any atom is -0.872 e. The average Bonchev–Trinajstić information content (AvgIpc) is 2.03. The molecule has 0 heterocycles. The first-order chi connectivity index (χ1) is 5.99. The molecule has 1 aromatic rings. The monoisotopic (exact) mass is 199 g/mol. The first-order valence-electron chi connectivity index (χ1n) is 3.76. The smallest absolute Gasteiger partial charge is 0.135 e. The van der Waals surface area contributed by atoms with Crippen molar-refractivity contribution in [2.75, 3.05) is 6.26 Å². The van der Waals surface area contributed by atoms with Crippen LogP contribution in [0.25, 0.3) is 0 Å². The van der Waals surface area contributed by atoms with Gasteiger partial charge in [0.2, 0.25) is 0 Å². The van der Waals surface area contributed by atoms with E-state index >= 15 is 0 Å². The largest absolute Gasteiger partial charge is 0.872 e. The lowest BCUT2D eigenvalue weighted by Gasteiger charge is -2.27. The molecule has 0 spiro atoms. The van der Waals surface area contributed by atoms with Crippen molar-refractivity contribution in [3.8, 4) is 11.5 Å². The Labute approximate surface area is 81.0 Å². The molecule has 0 amide bonds. The van der Waals surface area contributed by atoms with Crippen molar-refractivity contribution in [1.82, 2.24) is 0 Å². The molecule has 0 saturated carbocycles. The van der Waals surface area contributed by atoms with E-state index in [9.17, 15) is 15.3 Å². The van der Waals surface area contributed by atoms with Gasteiger partial charge < -0.3 is 15.3 Å². The molecule has 1 aromatic carbocycles. The van der Waals surface area contributed by atoms with Gasteiger partial charge in [0.1, 0.15) is 10.7 Å². The highest BCUT2D eigenvalue weighted by atomic mass is 32.2. The number of aliphatic hydroxyl groups is 1. The van der Waals surface area contributed by atoms with Gasteiger partial charge in [0.05, 0.1) is 0 Å². The molecule has 1 rings (SSSR count). The van der Waals surface area contributed by atoms with Gasteiger partial charge in [-0.15, -0.1) is 11.8 Å². The number of thioether (sulfide) groups is 1. The summed E-state index contributed by atoms with van der Waals surface area (Å²) in [5, 5.41) is 30.5. The van der Waals surface area contributed by atoms with E-state index in [1.54, 1.807) is 6.26 Å². The van der Waals surface area contributed by atoms with Crippen molar-refractivity contribution in [2.45, 2.75) is 11.9 Å². The summed E-state index contributed by atoms with van der Waals surface area (Å²) < 4.78 is 0. The van der Waals surface area contributed by atoms with Crippen LogP contribution in [0.1, 0.15) is 12.5 Å². The van der Waals surface area contributed by atoms with Crippen LogP contribution < -0.4 is 5.11 Å². The maximum atomic E-state index is 11.3. The predicted molar refractivity (Wildman–Crippen MR) is 50.6 cm³/mol. The zero-order valence-corrected chi connectivity index (χ0v) is 8.26. The molecule has 0 aliphatic rings. The fourth-order valence-corrected chi connectivity index (χ4v) is 1.50. The van der Waals surface area contributed by atoms with Crippen LogP contribution in [0.3, 0.4) is 0 Å². The van der Waals surface area contributed by atoms with Gasteiger partial charge in [-0.05, 0) is 19.2 Å². The zero-order valence-electron chi connectivity index (χ0n) is 7.44. The fourth-order valence-electron chi connectivity index (χ4n) is 1.09. The zero-order chi connectivity index (χ0) is 10.1. The van der Waals surface area contributed by atoms with E-state index in [2.05, 4.69) is 0 Å². The van der Waals surface area contributed by atoms with Crippen LogP contribution in [0.2, 0.25) is 0 Å². The number of rotatable bonds is 2. The summed E-state index contributed by atoms with van der Waals surface area (Å²) in [6.45, 7) is 1.48. The van der Waals surface area contributed by atoms with Crippen LogP contribution in [0, 0.1) is 0 Å². The molecule has 1 unspecified atom stereocenters. The highest BCUT2D eigenvalue weighted by molar-refractivity contribution is 7.99. The number of phenols is 1. The van der Waals surface area contributed by atoms with Crippen LogP contribution in [-0.2, 0) is 4.93 Å². The molecular weight excluding hydrogens is 188 g/mol. The Kier molecular flexibility index (Phi) is 2.73. The molecule has 0 fully saturated rings. The Morgan fingerprint density at radius 3 is 2.54 bits per heavy atom. The lowest BCUT2D eigenvalue weighted by atomic mass is 10.1. The predicted octanol–water partition coefficient (Wildman–Crippen LogP) is 0.994. The third-order valence-corrected chi connectivity index (χ3v) is 2.86. The third-order valence-electron chi connectivity index (χ3n) is 1.87. The molecule has 72 valence electrons. The maximum absolute atomic E-state index is 11.3. The van der Waals surface area contributed by atoms with Crippen LogP contribution in [0.4, 0.5) is 0 Å². The van der Waals surface area contributed by atoms with E-state index < -0.39 is 4.93 Å². The Hall–Kier alpha value is -0.870. The van der Waals surface area contributed by atoms with Gasteiger partial charge >= 0.3 is 0 Å². The average molecular weight is 199 g/mol. The fraction of sp³-hybridized carbons (Fsp3) is 0.333. The van der Waals surface area contributed by atoms with Crippen LogP contribution in [0.15, 0.2) is 18.2 Å². The number of phenolic OH excluding ortho intramolecular Hbond substituents is 1. The van der Waals surface area contributed by atoms with Crippen molar-refractivity contribution < 1.29 is 15.3 Å². The second-order valence-electron chi connectivity index (χ2n) is 2.84. The van der Waals surface area contributed by atoms with Crippen LogP contribution in [0.5, 0.6) is 11.5 Å². The standard InChI is InChI=1S/C9H12O3S/c1-9(12,13-2)8-6(10)4-3-5-7(8)11/h3-5,10-12H,1-2H3/p-1. The second kappa shape index (κ2) is 3.47. The lowest BCUT2D eigenvalue weighted by molar-refractivity contribution is -0.270. The van der Waals surface area contributed by atoms with Gasteiger partial charge in [-0.25, -0.2) is 0 Å². The molecule has 0 bridgehead atoms. The number of hydrogen-bond donors (Lipinski definition) is 2. The molecule has 0 aliphatic heterocycles.